The molecule has 7 rings (SSSR count). The Kier molecular flexibility index (Phi) is 11.2. The van der Waals surface area contributed by atoms with Gasteiger partial charge in [-0.3, -0.25) is 14.2 Å². The first-order chi connectivity index (χ1) is 28.7. The highest BCUT2D eigenvalue weighted by Crippen LogP contribution is 2.45. The Morgan fingerprint density at radius 1 is 0.623 bits per heavy atom. The molecule has 5 aromatic rings. The summed E-state index contributed by atoms with van der Waals surface area (Å²) in [5.74, 6) is -1.87. The highest BCUT2D eigenvalue weighted by atomic mass is 32.2. The van der Waals surface area contributed by atoms with E-state index >= 15 is 0 Å². The zero-order valence-corrected chi connectivity index (χ0v) is 35.1. The van der Waals surface area contributed by atoms with Crippen LogP contribution in [0.25, 0.3) is 5.57 Å². The molecule has 0 aliphatic heterocycles. The first-order valence-electron chi connectivity index (χ1n) is 18.8. The molecule has 61 heavy (non-hydrogen) atoms. The quantitative estimate of drug-likeness (QED) is 0.106. The van der Waals surface area contributed by atoms with Crippen LogP contribution in [0.15, 0.2) is 156 Å². The van der Waals surface area contributed by atoms with E-state index in [4.69, 9.17) is 0 Å². The highest BCUT2D eigenvalue weighted by Gasteiger charge is 2.47. The third-order valence-electron chi connectivity index (χ3n) is 9.98. The van der Waals surface area contributed by atoms with Gasteiger partial charge in [0.2, 0.25) is 27.1 Å². The summed E-state index contributed by atoms with van der Waals surface area (Å²) in [6.07, 6.45) is 5.41. The fourth-order valence-corrected chi connectivity index (χ4v) is 8.05. The zero-order valence-electron chi connectivity index (χ0n) is 33.5. The summed E-state index contributed by atoms with van der Waals surface area (Å²) in [5, 5.41) is 14.2. The van der Waals surface area contributed by atoms with Crippen molar-refractivity contribution < 1.29 is 39.9 Å². The zero-order chi connectivity index (χ0) is 44.0. The number of Topliss-reactive ketones (excluding diaryl/α,β-unsaturated/α-hetero) is 1. The van der Waals surface area contributed by atoms with Crippen LogP contribution in [0.4, 0.5) is 47.3 Å². The Morgan fingerprint density at radius 2 is 1.08 bits per heavy atom. The molecular formula is C46H39F3N4O6S2. The lowest BCUT2D eigenvalue weighted by Crippen LogP contribution is -2.34. The van der Waals surface area contributed by atoms with Gasteiger partial charge in [-0.25, -0.2) is 8.42 Å². The number of sulfonamides is 2. The molecule has 0 amide bonds. The average Bonchev–Trinajstić information content (AvgIpc) is 3.19. The lowest BCUT2D eigenvalue weighted by molar-refractivity contribution is -0.297. The van der Waals surface area contributed by atoms with E-state index in [1.165, 1.54) is 24.3 Å². The van der Waals surface area contributed by atoms with Crippen molar-refractivity contribution in [3.8, 4) is 0 Å². The van der Waals surface area contributed by atoms with Crippen LogP contribution in [0.2, 0.25) is 0 Å². The number of nitrogens with one attached hydrogen (secondary N) is 2. The minimum Gasteiger partial charge on any atom is -0.871 e. The first kappa shape index (κ1) is 42.4. The molecule has 10 nitrogen and oxygen atoms in total. The van der Waals surface area contributed by atoms with E-state index in [-0.39, 0.29) is 17.0 Å². The lowest BCUT2D eigenvalue weighted by Gasteiger charge is -2.34. The SMILES string of the molecule is Cc1ccc(N(c2ccc(C)cc2)c2ccc(C3=C([O-])C(=C4C=CC(=[N+](c5ccc(C)cc5)c5ccc(C)cc5)C=C4NS(C)(=O)=O)C3=O)c(NS(=O)(=O)C(F)(F)F)c2)cc1. The van der Waals surface area contributed by atoms with Gasteiger partial charge in [-0.1, -0.05) is 82.6 Å². The number of aryl methyl sites for hydroxylation is 4. The van der Waals surface area contributed by atoms with E-state index in [1.807, 2.05) is 105 Å². The Bertz CT molecular complexity index is 2880. The fraction of sp³-hybridized carbons (Fsp3) is 0.130. The third kappa shape index (κ3) is 8.79. The molecule has 2 N–H and O–H groups in total. The molecule has 0 aromatic heterocycles. The summed E-state index contributed by atoms with van der Waals surface area (Å²) >= 11 is 0. The largest absolute Gasteiger partial charge is 0.871 e. The van der Waals surface area contributed by atoms with Crippen molar-refractivity contribution in [3.63, 3.8) is 0 Å². The van der Waals surface area contributed by atoms with E-state index in [2.05, 4.69) is 4.72 Å². The molecule has 0 bridgehead atoms. The van der Waals surface area contributed by atoms with E-state index in [1.54, 1.807) is 40.0 Å². The van der Waals surface area contributed by atoms with Gasteiger partial charge in [-0.05, 0) is 70.2 Å². The normalized spacial score (nSPS) is 15.6. The van der Waals surface area contributed by atoms with Crippen molar-refractivity contribution in [3.05, 3.63) is 184 Å². The molecule has 5 aromatic carbocycles. The minimum absolute atomic E-state index is 0.0837. The Hall–Kier alpha value is -6.71. The smallest absolute Gasteiger partial charge is 0.516 e. The number of allylic oxidation sites excluding steroid dienone is 5. The van der Waals surface area contributed by atoms with Gasteiger partial charge >= 0.3 is 15.5 Å². The minimum atomic E-state index is -6.06. The number of halogens is 3. The van der Waals surface area contributed by atoms with Crippen molar-refractivity contribution >= 4 is 71.2 Å². The first-order valence-corrected chi connectivity index (χ1v) is 22.1. The maximum absolute atomic E-state index is 14.2. The topological polar surface area (TPSA) is 139 Å². The van der Waals surface area contributed by atoms with Gasteiger partial charge in [0.25, 0.3) is 0 Å². The standard InChI is InChI=1S/C46H39F3N4O6S2/c1-28-6-14-32(15-7-28)52(33-16-8-29(2)9-17-33)36-22-24-38(40(26-36)50-60(5,56)57)42-44(54)43(45(42)55)39-25-23-37(27-41(39)51-61(58,59)46(47,48)49)53(34-18-10-30(3)11-19-34)35-20-12-31(4)13-21-35/h6-27H,1-5H3,(H2,50,51,54,55). The van der Waals surface area contributed by atoms with Gasteiger partial charge in [0.15, 0.2) is 5.78 Å². The second kappa shape index (κ2) is 16.0. The van der Waals surface area contributed by atoms with E-state index in [0.717, 1.165) is 46.0 Å². The average molecular weight is 865 g/mol. The van der Waals surface area contributed by atoms with Gasteiger partial charge in [0, 0.05) is 75.8 Å². The molecule has 0 saturated heterocycles. The van der Waals surface area contributed by atoms with Crippen LogP contribution in [-0.2, 0) is 24.8 Å². The second-order valence-electron chi connectivity index (χ2n) is 14.8. The Balaban J connectivity index is 1.40. The van der Waals surface area contributed by atoms with E-state index in [9.17, 15) is 39.9 Å². The Morgan fingerprint density at radius 3 is 1.52 bits per heavy atom. The van der Waals surface area contributed by atoms with Crippen molar-refractivity contribution in [1.29, 1.82) is 0 Å². The van der Waals surface area contributed by atoms with Crippen LogP contribution in [0.1, 0.15) is 27.8 Å². The number of alkyl halides is 3. The van der Waals surface area contributed by atoms with Crippen LogP contribution >= 0.6 is 0 Å². The molecule has 0 saturated carbocycles. The number of carbonyl (C=O) groups is 1. The molecule has 0 unspecified atom stereocenters. The lowest BCUT2D eigenvalue weighted by atomic mass is 9.79. The molecule has 0 fully saturated rings. The summed E-state index contributed by atoms with van der Waals surface area (Å²) in [4.78, 5) is 15.8. The maximum Gasteiger partial charge on any atom is 0.516 e. The van der Waals surface area contributed by atoms with Crippen LogP contribution in [-0.4, -0.2) is 40.1 Å². The van der Waals surface area contributed by atoms with Crippen LogP contribution < -0.4 is 24.0 Å². The molecular weight excluding hydrogens is 826 g/mol. The molecule has 0 spiro atoms. The van der Waals surface area contributed by atoms with Crippen molar-refractivity contribution in [2.75, 3.05) is 15.9 Å². The molecule has 0 radical (unpaired) electrons. The number of ketones is 1. The predicted octanol–water partition coefficient (Wildman–Crippen LogP) is 8.58. The number of hydrogen-bond acceptors (Lipinski definition) is 7. The molecule has 2 aliphatic rings. The number of anilines is 4. The number of benzene rings is 5. The van der Waals surface area contributed by atoms with Crippen molar-refractivity contribution in [1.82, 2.24) is 9.30 Å². The molecule has 15 heteroatoms. The van der Waals surface area contributed by atoms with E-state index in [0.29, 0.717) is 17.1 Å². The van der Waals surface area contributed by atoms with Gasteiger partial charge < -0.3 is 10.0 Å². The van der Waals surface area contributed by atoms with Crippen molar-refractivity contribution in [2.45, 2.75) is 33.2 Å². The van der Waals surface area contributed by atoms with Gasteiger partial charge in [0.05, 0.1) is 17.6 Å². The third-order valence-corrected chi connectivity index (χ3v) is 11.7. The van der Waals surface area contributed by atoms with Crippen molar-refractivity contribution in [2.24, 2.45) is 0 Å². The summed E-state index contributed by atoms with van der Waals surface area (Å²) < 4.78 is 98.3. The van der Waals surface area contributed by atoms with Crippen LogP contribution in [0.3, 0.4) is 0 Å². The number of nitrogens with zero attached hydrogens (tertiary/aromatic N) is 2. The maximum atomic E-state index is 14.2. The molecule has 0 atom stereocenters. The predicted molar refractivity (Wildman–Crippen MR) is 232 cm³/mol. The van der Waals surface area contributed by atoms with Crippen LogP contribution in [0.5, 0.6) is 0 Å². The second-order valence-corrected chi connectivity index (χ2v) is 18.2. The number of carbonyl (C=O) groups excluding carboxylic acids is 1. The highest BCUT2D eigenvalue weighted by molar-refractivity contribution is 7.93. The molecule has 0 heterocycles. The molecule has 2 aliphatic carbocycles. The number of rotatable bonds is 10. The summed E-state index contributed by atoms with van der Waals surface area (Å²) in [6.45, 7) is 7.64. The van der Waals surface area contributed by atoms with Gasteiger partial charge in [-0.2, -0.15) is 26.2 Å². The van der Waals surface area contributed by atoms with E-state index < -0.39 is 59.5 Å². The van der Waals surface area contributed by atoms with Crippen LogP contribution in [0, 0.1) is 27.7 Å². The van der Waals surface area contributed by atoms with Gasteiger partial charge in [-0.15, -0.1) is 0 Å². The summed E-state index contributed by atoms with van der Waals surface area (Å²) in [5.41, 5.74) is -0.854. The Labute approximate surface area is 352 Å². The van der Waals surface area contributed by atoms with Gasteiger partial charge in [0.1, 0.15) is 0 Å². The summed E-state index contributed by atoms with van der Waals surface area (Å²) in [7, 11) is -10.1. The monoisotopic (exact) mass is 864 g/mol. The fourth-order valence-electron chi connectivity index (χ4n) is 6.90. The molecule has 312 valence electrons. The summed E-state index contributed by atoms with van der Waals surface area (Å²) in [6, 6.07) is 33.5. The number of hydrogen-bond donors (Lipinski definition) is 2.